The number of nitrogens with zero attached hydrogens (tertiary/aromatic N) is 4. The summed E-state index contributed by atoms with van der Waals surface area (Å²) in [5.41, 5.74) is 1.20. The van der Waals surface area contributed by atoms with E-state index in [-0.39, 0.29) is 5.54 Å². The lowest BCUT2D eigenvalue weighted by Gasteiger charge is -2.19. The molecule has 0 aliphatic rings. The van der Waals surface area contributed by atoms with Crippen LogP contribution in [0.15, 0.2) is 28.7 Å². The third kappa shape index (κ3) is 4.11. The third-order valence-corrected chi connectivity index (χ3v) is 3.43. The van der Waals surface area contributed by atoms with E-state index in [1.54, 1.807) is 0 Å². The highest BCUT2D eigenvalue weighted by Crippen LogP contribution is 2.17. The number of hydrogen-bond acceptors (Lipinski definition) is 4. The minimum absolute atomic E-state index is 0.0457. The van der Waals surface area contributed by atoms with E-state index in [1.165, 1.54) is 0 Å². The molecule has 0 radical (unpaired) electrons. The molecule has 2 rings (SSSR count). The predicted octanol–water partition coefficient (Wildman–Crippen LogP) is 2.37. The molecule has 1 aromatic heterocycles. The van der Waals surface area contributed by atoms with Gasteiger partial charge in [0.15, 0.2) is 5.82 Å². The Morgan fingerprint density at radius 3 is 2.68 bits per heavy atom. The first-order valence-corrected chi connectivity index (χ1v) is 6.98. The van der Waals surface area contributed by atoms with E-state index in [0.29, 0.717) is 13.1 Å². The van der Waals surface area contributed by atoms with Crippen molar-refractivity contribution in [2.24, 2.45) is 0 Å². The summed E-state index contributed by atoms with van der Waals surface area (Å²) in [6, 6.07) is 8.09. The van der Waals surface area contributed by atoms with Crippen molar-refractivity contribution in [3.63, 3.8) is 0 Å². The summed E-state index contributed by atoms with van der Waals surface area (Å²) in [6.07, 6.45) is 0. The lowest BCUT2D eigenvalue weighted by Crippen LogP contribution is -2.36. The summed E-state index contributed by atoms with van der Waals surface area (Å²) in [6.45, 7) is 7.68. The van der Waals surface area contributed by atoms with Crippen LogP contribution in [0.3, 0.4) is 0 Å². The third-order valence-electron chi connectivity index (χ3n) is 2.66. The number of nitrogens with one attached hydrogen (secondary N) is 1. The second kappa shape index (κ2) is 5.79. The van der Waals surface area contributed by atoms with Crippen LogP contribution in [0, 0.1) is 0 Å². The maximum atomic E-state index is 4.07. The van der Waals surface area contributed by atoms with Crippen LogP contribution < -0.4 is 5.32 Å². The van der Waals surface area contributed by atoms with Gasteiger partial charge in [-0.2, -0.15) is 0 Å². The smallest absolute Gasteiger partial charge is 0.165 e. The molecule has 0 aliphatic carbocycles. The first-order chi connectivity index (χ1) is 8.96. The summed E-state index contributed by atoms with van der Waals surface area (Å²) < 4.78 is 2.89. The van der Waals surface area contributed by atoms with Gasteiger partial charge in [-0.25, -0.2) is 4.68 Å². The largest absolute Gasteiger partial charge is 0.305 e. The molecule has 19 heavy (non-hydrogen) atoms. The van der Waals surface area contributed by atoms with Crippen LogP contribution in [0.1, 0.15) is 32.2 Å². The zero-order valence-electron chi connectivity index (χ0n) is 11.4. The fourth-order valence-electron chi connectivity index (χ4n) is 1.60. The van der Waals surface area contributed by atoms with E-state index < -0.39 is 0 Å². The fourth-order valence-corrected chi connectivity index (χ4v) is 2.02. The Bertz CT molecular complexity index is 544. The molecule has 0 aliphatic heterocycles. The number of tetrazole rings is 1. The van der Waals surface area contributed by atoms with Crippen molar-refractivity contribution in [2.75, 3.05) is 0 Å². The van der Waals surface area contributed by atoms with Gasteiger partial charge in [-0.1, -0.05) is 34.1 Å². The molecule has 0 unspecified atom stereocenters. The van der Waals surface area contributed by atoms with Crippen LogP contribution in [-0.2, 0) is 13.1 Å². The van der Waals surface area contributed by atoms with Gasteiger partial charge in [-0.15, -0.1) is 5.10 Å². The zero-order chi connectivity index (χ0) is 13.9. The van der Waals surface area contributed by atoms with Crippen LogP contribution in [0.4, 0.5) is 0 Å². The zero-order valence-corrected chi connectivity index (χ0v) is 13.0. The van der Waals surface area contributed by atoms with Crippen LogP contribution in [0.25, 0.3) is 0 Å². The maximum Gasteiger partial charge on any atom is 0.165 e. The molecule has 0 atom stereocenters. The Kier molecular flexibility index (Phi) is 4.31. The summed E-state index contributed by atoms with van der Waals surface area (Å²) in [4.78, 5) is 0. The highest BCUT2D eigenvalue weighted by molar-refractivity contribution is 9.10. The van der Waals surface area contributed by atoms with Crippen molar-refractivity contribution in [1.29, 1.82) is 0 Å². The highest BCUT2D eigenvalue weighted by atomic mass is 79.9. The first-order valence-electron chi connectivity index (χ1n) is 6.19. The molecular weight excluding hydrogens is 306 g/mol. The Balaban J connectivity index is 2.10. The molecule has 0 saturated carbocycles. The molecule has 6 heteroatoms. The first kappa shape index (κ1) is 14.1. The van der Waals surface area contributed by atoms with Gasteiger partial charge in [0, 0.05) is 10.0 Å². The SMILES string of the molecule is CC(C)(C)NCc1nnnn1Cc1ccccc1Br. The summed E-state index contributed by atoms with van der Waals surface area (Å²) in [5.74, 6) is 0.839. The second-order valence-corrected chi connectivity index (χ2v) is 6.30. The second-order valence-electron chi connectivity index (χ2n) is 5.45. The van der Waals surface area contributed by atoms with Gasteiger partial charge in [0.2, 0.25) is 0 Å². The fraction of sp³-hybridized carbons (Fsp3) is 0.462. The standard InChI is InChI=1S/C13H18BrN5/c1-13(2,3)15-8-12-16-17-18-19(12)9-10-6-4-5-7-11(10)14/h4-7,15H,8-9H2,1-3H3. The van der Waals surface area contributed by atoms with E-state index >= 15 is 0 Å². The Morgan fingerprint density at radius 2 is 2.00 bits per heavy atom. The monoisotopic (exact) mass is 323 g/mol. The maximum absolute atomic E-state index is 4.07. The molecule has 0 amide bonds. The topological polar surface area (TPSA) is 55.6 Å². The van der Waals surface area contributed by atoms with E-state index in [0.717, 1.165) is 15.9 Å². The molecule has 0 spiro atoms. The number of aromatic nitrogens is 4. The van der Waals surface area contributed by atoms with E-state index in [1.807, 2.05) is 22.9 Å². The molecule has 5 nitrogen and oxygen atoms in total. The lowest BCUT2D eigenvalue weighted by molar-refractivity contribution is 0.410. The normalized spacial score (nSPS) is 11.8. The Labute approximate surface area is 121 Å². The van der Waals surface area contributed by atoms with Crippen LogP contribution in [-0.4, -0.2) is 25.7 Å². The Hall–Kier alpha value is -1.27. The molecule has 0 saturated heterocycles. The van der Waals surface area contributed by atoms with Gasteiger partial charge in [0.1, 0.15) is 0 Å². The van der Waals surface area contributed by atoms with Crippen molar-refractivity contribution in [3.05, 3.63) is 40.1 Å². The molecule has 1 N–H and O–H groups in total. The van der Waals surface area contributed by atoms with Gasteiger partial charge in [0.25, 0.3) is 0 Å². The number of benzene rings is 1. The van der Waals surface area contributed by atoms with Gasteiger partial charge < -0.3 is 5.32 Å². The molecule has 0 bridgehead atoms. The highest BCUT2D eigenvalue weighted by Gasteiger charge is 2.13. The number of rotatable bonds is 4. The van der Waals surface area contributed by atoms with Gasteiger partial charge in [-0.3, -0.25) is 0 Å². The van der Waals surface area contributed by atoms with Crippen molar-refractivity contribution in [1.82, 2.24) is 25.5 Å². The summed E-state index contributed by atoms with van der Waals surface area (Å²) in [7, 11) is 0. The van der Waals surface area contributed by atoms with Crippen molar-refractivity contribution in [2.45, 2.75) is 39.4 Å². The van der Waals surface area contributed by atoms with Gasteiger partial charge >= 0.3 is 0 Å². The van der Waals surface area contributed by atoms with Crippen LogP contribution in [0.5, 0.6) is 0 Å². The van der Waals surface area contributed by atoms with Crippen LogP contribution in [0.2, 0.25) is 0 Å². The summed E-state index contributed by atoms with van der Waals surface area (Å²) in [5, 5.41) is 15.3. The lowest BCUT2D eigenvalue weighted by atomic mass is 10.1. The summed E-state index contributed by atoms with van der Waals surface area (Å²) >= 11 is 3.54. The van der Waals surface area contributed by atoms with Crippen molar-refractivity contribution < 1.29 is 0 Å². The van der Waals surface area contributed by atoms with E-state index in [4.69, 9.17) is 0 Å². The van der Waals surface area contributed by atoms with E-state index in [9.17, 15) is 0 Å². The van der Waals surface area contributed by atoms with Crippen LogP contribution >= 0.6 is 15.9 Å². The van der Waals surface area contributed by atoms with Gasteiger partial charge in [0.05, 0.1) is 13.1 Å². The molecule has 0 fully saturated rings. The Morgan fingerprint density at radius 1 is 1.26 bits per heavy atom. The average molecular weight is 324 g/mol. The quantitative estimate of drug-likeness (QED) is 0.938. The number of hydrogen-bond donors (Lipinski definition) is 1. The minimum atomic E-state index is 0.0457. The van der Waals surface area contributed by atoms with Crippen molar-refractivity contribution >= 4 is 15.9 Å². The van der Waals surface area contributed by atoms with Gasteiger partial charge in [-0.05, 0) is 42.8 Å². The van der Waals surface area contributed by atoms with E-state index in [2.05, 4.69) is 63.6 Å². The van der Waals surface area contributed by atoms with Crippen molar-refractivity contribution in [3.8, 4) is 0 Å². The molecule has 2 aromatic rings. The predicted molar refractivity (Wildman–Crippen MR) is 77.7 cm³/mol. The number of halogens is 1. The minimum Gasteiger partial charge on any atom is -0.305 e. The molecule has 1 heterocycles. The molecular formula is C13H18BrN5. The average Bonchev–Trinajstić information content (AvgIpc) is 2.76. The molecule has 1 aromatic carbocycles. The molecule has 102 valence electrons.